The lowest BCUT2D eigenvalue weighted by Crippen LogP contribution is -2.78. The number of phenolic OH excluding ortho intramolecular Hbond substituents is 1. The van der Waals surface area contributed by atoms with Crippen LogP contribution in [0.4, 0.5) is 0 Å². The minimum atomic E-state index is -1.02. The predicted octanol–water partition coefficient (Wildman–Crippen LogP) is 5.57. The lowest BCUT2D eigenvalue weighted by Gasteiger charge is -2.70. The maximum absolute atomic E-state index is 12.5. The van der Waals surface area contributed by atoms with Crippen molar-refractivity contribution in [2.75, 3.05) is 20.2 Å². The minimum Gasteiger partial charge on any atom is -0.504 e. The Morgan fingerprint density at radius 1 is 1.13 bits per heavy atom. The van der Waals surface area contributed by atoms with Gasteiger partial charge in [0.05, 0.1) is 5.60 Å². The summed E-state index contributed by atoms with van der Waals surface area (Å²) in [5, 5.41) is 24.3. The SMILES string of the molecule is CC[C@]1(OC)[C@@H]2Oc3c(O)ccc4c3[C@@]23CCN(CC2CC2)[C@H](C4)[C@@]3(C)CC12C[C@@]2(O)c1ccc(Cl)cc1. The number of likely N-dealkylation sites (tertiary alicyclic amines) is 1. The van der Waals surface area contributed by atoms with E-state index in [9.17, 15) is 10.2 Å². The molecule has 4 aliphatic carbocycles. The molecule has 6 aliphatic rings. The molecule has 1 saturated heterocycles. The first-order valence-electron chi connectivity index (χ1n) is 14.5. The first-order valence-corrected chi connectivity index (χ1v) is 14.9. The Morgan fingerprint density at radius 2 is 1.89 bits per heavy atom. The number of halogens is 1. The molecule has 1 unspecified atom stereocenters. The molecule has 2 aliphatic heterocycles. The fourth-order valence-corrected chi connectivity index (χ4v) is 10.6. The molecular formula is C32H38ClNO4. The predicted molar refractivity (Wildman–Crippen MR) is 146 cm³/mol. The van der Waals surface area contributed by atoms with Crippen LogP contribution in [0.15, 0.2) is 36.4 Å². The van der Waals surface area contributed by atoms with Crippen LogP contribution in [0.2, 0.25) is 5.02 Å². The molecule has 7 atom stereocenters. The first kappa shape index (κ1) is 24.0. The van der Waals surface area contributed by atoms with Crippen LogP contribution in [-0.2, 0) is 22.2 Å². The minimum absolute atomic E-state index is 0.134. The molecule has 2 aromatic rings. The summed E-state index contributed by atoms with van der Waals surface area (Å²) in [5.41, 5.74) is 0.832. The molecule has 0 aromatic heterocycles. The fourth-order valence-electron chi connectivity index (χ4n) is 10.4. The van der Waals surface area contributed by atoms with Crippen molar-refractivity contribution in [1.82, 2.24) is 4.90 Å². The lowest BCUT2D eigenvalue weighted by molar-refractivity contribution is -0.256. The van der Waals surface area contributed by atoms with Crippen LogP contribution in [0.5, 0.6) is 11.5 Å². The van der Waals surface area contributed by atoms with E-state index in [4.69, 9.17) is 21.1 Å². The average molecular weight is 536 g/mol. The van der Waals surface area contributed by atoms with Crippen LogP contribution >= 0.6 is 11.6 Å². The van der Waals surface area contributed by atoms with Crippen LogP contribution in [0.1, 0.15) is 69.1 Å². The van der Waals surface area contributed by atoms with Crippen molar-refractivity contribution in [2.45, 2.75) is 87.6 Å². The highest BCUT2D eigenvalue weighted by molar-refractivity contribution is 6.30. The van der Waals surface area contributed by atoms with Gasteiger partial charge in [-0.2, -0.15) is 0 Å². The number of hydrogen-bond acceptors (Lipinski definition) is 5. The third kappa shape index (κ3) is 2.49. The van der Waals surface area contributed by atoms with Gasteiger partial charge in [0.2, 0.25) is 0 Å². The van der Waals surface area contributed by atoms with Crippen molar-refractivity contribution >= 4 is 11.6 Å². The Labute approximate surface area is 230 Å². The molecule has 6 heteroatoms. The number of rotatable bonds is 5. The summed E-state index contributed by atoms with van der Waals surface area (Å²) < 4.78 is 13.7. The number of aliphatic hydroxyl groups is 1. The zero-order valence-corrected chi connectivity index (χ0v) is 23.4. The van der Waals surface area contributed by atoms with Crippen LogP contribution in [0, 0.1) is 16.7 Å². The van der Waals surface area contributed by atoms with Crippen LogP contribution in [0.25, 0.3) is 0 Å². The zero-order chi connectivity index (χ0) is 26.3. The Morgan fingerprint density at radius 3 is 2.58 bits per heavy atom. The maximum atomic E-state index is 12.5. The average Bonchev–Trinajstić information content (AvgIpc) is 3.78. The summed E-state index contributed by atoms with van der Waals surface area (Å²) in [5.74, 6) is 1.71. The highest BCUT2D eigenvalue weighted by Gasteiger charge is 2.88. The monoisotopic (exact) mass is 535 g/mol. The lowest BCUT2D eigenvalue weighted by atomic mass is 9.39. The summed E-state index contributed by atoms with van der Waals surface area (Å²) in [6.07, 6.45) is 6.58. The Bertz CT molecular complexity index is 1340. The largest absolute Gasteiger partial charge is 0.504 e. The smallest absolute Gasteiger partial charge is 0.165 e. The number of methoxy groups -OCH3 is 1. The first-order chi connectivity index (χ1) is 18.2. The van der Waals surface area contributed by atoms with Gasteiger partial charge in [-0.05, 0) is 92.1 Å². The number of nitrogens with zero attached hydrogens (tertiary/aromatic N) is 1. The quantitative estimate of drug-likeness (QED) is 0.524. The summed E-state index contributed by atoms with van der Waals surface area (Å²) in [4.78, 5) is 2.77. The van der Waals surface area contributed by atoms with E-state index < -0.39 is 16.6 Å². The molecular weight excluding hydrogens is 498 g/mol. The van der Waals surface area contributed by atoms with E-state index >= 15 is 0 Å². The highest BCUT2D eigenvalue weighted by atomic mass is 35.5. The van der Waals surface area contributed by atoms with E-state index in [2.05, 4.69) is 24.8 Å². The van der Waals surface area contributed by atoms with Crippen molar-refractivity contribution in [1.29, 1.82) is 0 Å². The second-order valence-corrected chi connectivity index (χ2v) is 13.9. The van der Waals surface area contributed by atoms with E-state index in [1.54, 1.807) is 7.11 Å². The second-order valence-electron chi connectivity index (χ2n) is 13.5. The molecule has 3 saturated carbocycles. The maximum Gasteiger partial charge on any atom is 0.165 e. The van der Waals surface area contributed by atoms with E-state index in [1.165, 1.54) is 30.5 Å². The van der Waals surface area contributed by atoms with Gasteiger partial charge >= 0.3 is 0 Å². The molecule has 38 heavy (non-hydrogen) atoms. The molecule has 0 amide bonds. The summed E-state index contributed by atoms with van der Waals surface area (Å²) in [7, 11) is 1.81. The molecule has 4 fully saturated rings. The van der Waals surface area contributed by atoms with Gasteiger partial charge < -0.3 is 19.7 Å². The van der Waals surface area contributed by atoms with Crippen molar-refractivity contribution in [2.24, 2.45) is 16.7 Å². The fraction of sp³-hybridized carbons (Fsp3) is 0.625. The third-order valence-electron chi connectivity index (χ3n) is 12.3. The van der Waals surface area contributed by atoms with Crippen molar-refractivity contribution in [3.8, 4) is 11.5 Å². The van der Waals surface area contributed by atoms with Crippen LogP contribution in [-0.4, -0.2) is 53.1 Å². The zero-order valence-electron chi connectivity index (χ0n) is 22.6. The van der Waals surface area contributed by atoms with Gasteiger partial charge in [0.25, 0.3) is 0 Å². The topological polar surface area (TPSA) is 62.2 Å². The molecule has 2 N–H and O–H groups in total. The summed E-state index contributed by atoms with van der Waals surface area (Å²) in [6, 6.07) is 12.1. The highest BCUT2D eigenvalue weighted by Crippen LogP contribution is 2.83. The van der Waals surface area contributed by atoms with Crippen LogP contribution in [0.3, 0.4) is 0 Å². The Balaban J connectivity index is 1.36. The molecule has 8 rings (SSSR count). The van der Waals surface area contributed by atoms with Gasteiger partial charge in [-0.15, -0.1) is 0 Å². The van der Waals surface area contributed by atoms with E-state index in [-0.39, 0.29) is 22.7 Å². The van der Waals surface area contributed by atoms with E-state index in [0.29, 0.717) is 23.2 Å². The third-order valence-corrected chi connectivity index (χ3v) is 12.5. The Kier molecular flexibility index (Phi) is 4.61. The molecule has 5 nitrogen and oxygen atoms in total. The molecule has 0 radical (unpaired) electrons. The molecule has 2 bridgehead atoms. The van der Waals surface area contributed by atoms with Gasteiger partial charge in [-0.25, -0.2) is 0 Å². The Hall–Kier alpha value is -1.79. The van der Waals surface area contributed by atoms with E-state index in [0.717, 1.165) is 43.7 Å². The number of aromatic hydroxyl groups is 1. The number of phenols is 1. The molecule has 2 spiro atoms. The van der Waals surface area contributed by atoms with Gasteiger partial charge in [0, 0.05) is 41.1 Å². The van der Waals surface area contributed by atoms with E-state index in [1.807, 2.05) is 30.3 Å². The number of hydrogen-bond donors (Lipinski definition) is 2. The number of ether oxygens (including phenoxy) is 2. The van der Waals surface area contributed by atoms with Gasteiger partial charge in [0.1, 0.15) is 11.7 Å². The van der Waals surface area contributed by atoms with Crippen molar-refractivity contribution < 1.29 is 19.7 Å². The molecule has 2 heterocycles. The second kappa shape index (κ2) is 7.28. The number of benzene rings is 2. The molecule has 202 valence electrons. The van der Waals surface area contributed by atoms with Crippen LogP contribution < -0.4 is 4.74 Å². The van der Waals surface area contributed by atoms with Gasteiger partial charge in [-0.1, -0.05) is 43.6 Å². The van der Waals surface area contributed by atoms with Crippen molar-refractivity contribution in [3.63, 3.8) is 0 Å². The van der Waals surface area contributed by atoms with Gasteiger partial charge in [-0.3, -0.25) is 4.90 Å². The van der Waals surface area contributed by atoms with Crippen molar-refractivity contribution in [3.05, 3.63) is 58.1 Å². The summed E-state index contributed by atoms with van der Waals surface area (Å²) in [6.45, 7) is 6.87. The molecule has 2 aromatic carbocycles. The standard InChI is InChI=1S/C32H38ClNO4/c1-4-32(37-3)27-30-13-14-34(16-19-5-6-19)24(15-20-7-12-23(35)26(38-27)25(20)30)28(30,2)17-29(32)18-31(29,36)21-8-10-22(33)11-9-21/h7-12,19,24,27,35-36H,4-6,13-18H2,1-3H3/t24-,27-,28-,29?,30+,31-,32+/m1/s1. The summed E-state index contributed by atoms with van der Waals surface area (Å²) >= 11 is 6.25. The number of piperidine rings is 1. The normalized spacial score (nSPS) is 44.1. The van der Waals surface area contributed by atoms with Gasteiger partial charge in [0.15, 0.2) is 11.5 Å².